The lowest BCUT2D eigenvalue weighted by Gasteiger charge is -2.38. The van der Waals surface area contributed by atoms with Crippen LogP contribution in [0.4, 0.5) is 10.1 Å². The average Bonchev–Trinajstić information content (AvgIpc) is 3.45. The Bertz CT molecular complexity index is 1410. The van der Waals surface area contributed by atoms with Crippen LogP contribution in [-0.2, 0) is 4.79 Å². The molecule has 196 valence electrons. The van der Waals surface area contributed by atoms with Crippen molar-refractivity contribution >= 4 is 23.2 Å². The van der Waals surface area contributed by atoms with Gasteiger partial charge in [0.2, 0.25) is 11.8 Å². The molecule has 0 bridgehead atoms. The van der Waals surface area contributed by atoms with Crippen molar-refractivity contribution in [2.24, 2.45) is 0 Å². The number of nitrogens with one attached hydrogen (secondary N) is 1. The molecule has 0 aliphatic carbocycles. The molecule has 11 heteroatoms. The van der Waals surface area contributed by atoms with Crippen LogP contribution in [0.5, 0.6) is 11.9 Å². The predicted molar refractivity (Wildman–Crippen MR) is 138 cm³/mol. The summed E-state index contributed by atoms with van der Waals surface area (Å²) in [5.74, 6) is -0.647. The molecule has 0 spiro atoms. The van der Waals surface area contributed by atoms with Crippen LogP contribution in [0, 0.1) is 17.1 Å². The summed E-state index contributed by atoms with van der Waals surface area (Å²) in [6, 6.07) is 12.2. The van der Waals surface area contributed by atoms with Gasteiger partial charge in [0.25, 0.3) is 0 Å². The first-order valence-electron chi connectivity index (χ1n) is 12.1. The first kappa shape index (κ1) is 25.9. The number of nitriles is 1. The molecule has 1 aromatic heterocycles. The SMILES string of the molecule is COc1ncc([C@H]2NC3C(=O)N(c4cccc(Cl)c4F)C(c4ccc(C#N)cc4)C3N2C(C)C)c(OC)n1. The fourth-order valence-corrected chi connectivity index (χ4v) is 5.62. The zero-order valence-electron chi connectivity index (χ0n) is 21.2. The number of fused-ring (bicyclic) bond motifs is 1. The van der Waals surface area contributed by atoms with Crippen LogP contribution in [0.1, 0.15) is 42.7 Å². The molecule has 9 nitrogen and oxygen atoms in total. The van der Waals surface area contributed by atoms with E-state index in [1.165, 1.54) is 25.2 Å². The van der Waals surface area contributed by atoms with Gasteiger partial charge in [-0.1, -0.05) is 29.8 Å². The molecular weight excluding hydrogens is 511 g/mol. The second kappa shape index (κ2) is 10.2. The number of nitrogens with zero attached hydrogens (tertiary/aromatic N) is 5. The lowest BCUT2D eigenvalue weighted by Crippen LogP contribution is -2.44. The maximum Gasteiger partial charge on any atom is 0.319 e. The fraction of sp³-hybridized carbons (Fsp3) is 0.333. The largest absolute Gasteiger partial charge is 0.481 e. The van der Waals surface area contributed by atoms with Crippen LogP contribution < -0.4 is 19.7 Å². The monoisotopic (exact) mass is 536 g/mol. The molecule has 2 fully saturated rings. The van der Waals surface area contributed by atoms with Gasteiger partial charge >= 0.3 is 6.01 Å². The molecule has 2 aromatic carbocycles. The highest BCUT2D eigenvalue weighted by Gasteiger charge is 2.59. The molecule has 2 aliphatic rings. The highest BCUT2D eigenvalue weighted by atomic mass is 35.5. The van der Waals surface area contributed by atoms with Crippen molar-refractivity contribution in [3.05, 3.63) is 76.2 Å². The quantitative estimate of drug-likeness (QED) is 0.504. The molecule has 5 rings (SSSR count). The van der Waals surface area contributed by atoms with Crippen molar-refractivity contribution in [1.29, 1.82) is 5.26 Å². The topological polar surface area (TPSA) is 104 Å². The molecule has 38 heavy (non-hydrogen) atoms. The van der Waals surface area contributed by atoms with Gasteiger partial charge in [-0.2, -0.15) is 10.2 Å². The van der Waals surface area contributed by atoms with E-state index in [0.717, 1.165) is 5.56 Å². The normalized spacial score (nSPS) is 23.0. The summed E-state index contributed by atoms with van der Waals surface area (Å²) in [6.07, 6.45) is 1.15. The van der Waals surface area contributed by atoms with Crippen LogP contribution in [0.15, 0.2) is 48.7 Å². The van der Waals surface area contributed by atoms with E-state index in [2.05, 4.69) is 26.3 Å². The van der Waals surface area contributed by atoms with E-state index in [1.54, 1.807) is 42.6 Å². The summed E-state index contributed by atoms with van der Waals surface area (Å²) in [5.41, 5.74) is 1.98. The number of carbonyl (C=O) groups is 1. The van der Waals surface area contributed by atoms with E-state index in [0.29, 0.717) is 17.0 Å². The van der Waals surface area contributed by atoms with Gasteiger partial charge in [-0.15, -0.1) is 0 Å². The third-order valence-electron chi connectivity index (χ3n) is 7.02. The van der Waals surface area contributed by atoms with E-state index in [-0.39, 0.29) is 28.7 Å². The van der Waals surface area contributed by atoms with Crippen LogP contribution in [0.25, 0.3) is 0 Å². The fourth-order valence-electron chi connectivity index (χ4n) is 5.45. The van der Waals surface area contributed by atoms with Crippen LogP contribution >= 0.6 is 11.6 Å². The number of ether oxygens (including phenoxy) is 2. The Hall–Kier alpha value is -3.78. The van der Waals surface area contributed by atoms with Gasteiger partial charge in [-0.3, -0.25) is 19.9 Å². The molecule has 2 saturated heterocycles. The van der Waals surface area contributed by atoms with E-state index < -0.39 is 30.1 Å². The van der Waals surface area contributed by atoms with E-state index in [9.17, 15) is 10.1 Å². The van der Waals surface area contributed by atoms with Crippen molar-refractivity contribution in [3.63, 3.8) is 0 Å². The summed E-state index contributed by atoms with van der Waals surface area (Å²) >= 11 is 6.12. The lowest BCUT2D eigenvalue weighted by atomic mass is 9.95. The van der Waals surface area contributed by atoms with E-state index in [1.807, 2.05) is 13.8 Å². The van der Waals surface area contributed by atoms with Gasteiger partial charge in [0.1, 0.15) is 6.04 Å². The Morgan fingerprint density at radius 3 is 2.53 bits per heavy atom. The van der Waals surface area contributed by atoms with E-state index >= 15 is 4.39 Å². The molecule has 3 unspecified atom stereocenters. The van der Waals surface area contributed by atoms with Crippen molar-refractivity contribution < 1.29 is 18.7 Å². The summed E-state index contributed by atoms with van der Waals surface area (Å²) < 4.78 is 26.0. The van der Waals surface area contributed by atoms with Gasteiger partial charge in [-0.05, 0) is 43.7 Å². The minimum atomic E-state index is -0.687. The highest BCUT2D eigenvalue weighted by Crippen LogP contribution is 2.48. The van der Waals surface area contributed by atoms with Crippen molar-refractivity contribution in [2.75, 3.05) is 19.1 Å². The molecule has 3 aromatic rings. The van der Waals surface area contributed by atoms with Gasteiger partial charge in [0, 0.05) is 12.2 Å². The van der Waals surface area contributed by atoms with Gasteiger partial charge in [0.15, 0.2) is 5.82 Å². The zero-order chi connectivity index (χ0) is 27.1. The molecule has 4 atom stereocenters. The van der Waals surface area contributed by atoms with Gasteiger partial charge < -0.3 is 9.47 Å². The molecule has 1 N–H and O–H groups in total. The van der Waals surface area contributed by atoms with Crippen molar-refractivity contribution in [3.8, 4) is 18.0 Å². The molecular formula is C27H26ClFN6O3. The molecule has 1 amide bonds. The lowest BCUT2D eigenvalue weighted by molar-refractivity contribution is -0.118. The van der Waals surface area contributed by atoms with Crippen LogP contribution in [-0.4, -0.2) is 53.1 Å². The third-order valence-corrected chi connectivity index (χ3v) is 7.32. The highest BCUT2D eigenvalue weighted by molar-refractivity contribution is 6.31. The summed E-state index contributed by atoms with van der Waals surface area (Å²) in [5, 5.41) is 12.7. The Kier molecular flexibility index (Phi) is 6.92. The number of hydrogen-bond acceptors (Lipinski definition) is 8. The van der Waals surface area contributed by atoms with Crippen LogP contribution in [0.3, 0.4) is 0 Å². The number of rotatable bonds is 6. The number of carbonyl (C=O) groups excluding carboxylic acids is 1. The van der Waals surface area contributed by atoms with Crippen molar-refractivity contribution in [1.82, 2.24) is 20.2 Å². The molecule has 0 radical (unpaired) electrons. The number of methoxy groups -OCH3 is 2. The zero-order valence-corrected chi connectivity index (χ0v) is 22.0. The molecule has 0 saturated carbocycles. The van der Waals surface area contributed by atoms with Gasteiger partial charge in [-0.25, -0.2) is 9.37 Å². The Morgan fingerprint density at radius 2 is 1.89 bits per heavy atom. The first-order valence-corrected chi connectivity index (χ1v) is 12.4. The predicted octanol–water partition coefficient (Wildman–Crippen LogP) is 4.00. The number of aromatic nitrogens is 2. The molecule has 3 heterocycles. The third kappa shape index (κ3) is 4.13. The minimum absolute atomic E-state index is 0.0489. The summed E-state index contributed by atoms with van der Waals surface area (Å²) in [6.45, 7) is 4.05. The number of hydrogen-bond donors (Lipinski definition) is 1. The Balaban J connectivity index is 1.66. The Morgan fingerprint density at radius 1 is 1.16 bits per heavy atom. The number of amides is 1. The summed E-state index contributed by atoms with van der Waals surface area (Å²) in [7, 11) is 2.98. The van der Waals surface area contributed by atoms with Crippen molar-refractivity contribution in [2.45, 2.75) is 44.2 Å². The average molecular weight is 537 g/mol. The maximum atomic E-state index is 15.3. The number of halogens is 2. The smallest absolute Gasteiger partial charge is 0.319 e. The number of benzene rings is 2. The number of anilines is 1. The second-order valence-electron chi connectivity index (χ2n) is 9.36. The minimum Gasteiger partial charge on any atom is -0.481 e. The van der Waals surface area contributed by atoms with Crippen LogP contribution in [0.2, 0.25) is 5.02 Å². The second-order valence-corrected chi connectivity index (χ2v) is 9.77. The Labute approximate surface area is 224 Å². The van der Waals surface area contributed by atoms with Gasteiger partial charge in [0.05, 0.1) is 60.4 Å². The first-order chi connectivity index (χ1) is 18.3. The van der Waals surface area contributed by atoms with E-state index in [4.69, 9.17) is 21.1 Å². The molecule has 2 aliphatic heterocycles. The summed E-state index contributed by atoms with van der Waals surface area (Å²) in [4.78, 5) is 26.3. The maximum absolute atomic E-state index is 15.3. The standard InChI is InChI=1S/C27H26ClFN6O3/c1-14(2)34-23-21(32-24(34)17-13-31-27(38-4)33-25(17)37-3)26(36)35(19-7-5-6-18(28)20(19)29)22(23)16-10-8-15(12-30)9-11-16/h5-11,13-14,21-24,32H,1-4H3/t21?,22?,23?,24-/m0/s1.